The summed E-state index contributed by atoms with van der Waals surface area (Å²) in [5.74, 6) is 1.78. The zero-order valence-electron chi connectivity index (χ0n) is 11.4. The first-order valence-electron chi connectivity index (χ1n) is 6.69. The Balaban J connectivity index is 2.44. The zero-order valence-corrected chi connectivity index (χ0v) is 11.4. The molecular formula is C15H24N2O. The number of hydrogen-bond acceptors (Lipinski definition) is 2. The van der Waals surface area contributed by atoms with Crippen LogP contribution in [0.2, 0.25) is 0 Å². The van der Waals surface area contributed by atoms with Gasteiger partial charge < -0.3 is 10.5 Å². The number of benzene rings is 1. The minimum atomic E-state index is 0.259. The lowest BCUT2D eigenvalue weighted by atomic mass is 9.98. The Morgan fingerprint density at radius 3 is 2.72 bits per heavy atom. The summed E-state index contributed by atoms with van der Waals surface area (Å²) < 4.78 is 5.83. The predicted octanol–water partition coefficient (Wildman–Crippen LogP) is 3.69. The second kappa shape index (κ2) is 7.75. The van der Waals surface area contributed by atoms with Gasteiger partial charge in [0.15, 0.2) is 0 Å². The van der Waals surface area contributed by atoms with Crippen LogP contribution < -0.4 is 10.5 Å². The maximum Gasteiger partial charge on any atom is 0.122 e. The van der Waals surface area contributed by atoms with E-state index in [-0.39, 0.29) is 5.84 Å². The van der Waals surface area contributed by atoms with Gasteiger partial charge in [-0.05, 0) is 36.8 Å². The fourth-order valence-electron chi connectivity index (χ4n) is 1.84. The first-order chi connectivity index (χ1) is 8.65. The molecule has 18 heavy (non-hydrogen) atoms. The molecule has 0 aliphatic heterocycles. The largest absolute Gasteiger partial charge is 0.493 e. The van der Waals surface area contributed by atoms with Gasteiger partial charge in [0.1, 0.15) is 5.75 Å². The lowest BCUT2D eigenvalue weighted by Crippen LogP contribution is -2.09. The summed E-state index contributed by atoms with van der Waals surface area (Å²) in [6, 6.07) is 8.24. The highest BCUT2D eigenvalue weighted by molar-refractivity contribution is 5.76. The Morgan fingerprint density at radius 1 is 1.33 bits per heavy atom. The van der Waals surface area contributed by atoms with Crippen LogP contribution in [0.5, 0.6) is 5.75 Å². The molecule has 1 atom stereocenters. The van der Waals surface area contributed by atoms with Crippen LogP contribution in [0.1, 0.15) is 51.0 Å². The van der Waals surface area contributed by atoms with Crippen molar-refractivity contribution in [3.05, 3.63) is 29.8 Å². The van der Waals surface area contributed by atoms with Crippen LogP contribution in [-0.2, 0) is 0 Å². The lowest BCUT2D eigenvalue weighted by Gasteiger charge is -2.15. The van der Waals surface area contributed by atoms with Crippen LogP contribution in [-0.4, -0.2) is 12.4 Å². The number of unbranched alkanes of at least 4 members (excludes halogenated alkanes) is 1. The highest BCUT2D eigenvalue weighted by atomic mass is 16.5. The Hall–Kier alpha value is -1.51. The van der Waals surface area contributed by atoms with Crippen LogP contribution in [0.15, 0.2) is 24.3 Å². The van der Waals surface area contributed by atoms with Crippen molar-refractivity contribution in [1.82, 2.24) is 0 Å². The molecule has 1 aromatic rings. The topological polar surface area (TPSA) is 59.1 Å². The first kappa shape index (κ1) is 14.6. The Bertz CT molecular complexity index is 377. The quantitative estimate of drug-likeness (QED) is 0.419. The molecule has 3 heteroatoms. The van der Waals surface area contributed by atoms with Gasteiger partial charge in [0.25, 0.3) is 0 Å². The Labute approximate surface area is 110 Å². The van der Waals surface area contributed by atoms with Gasteiger partial charge in [-0.3, -0.25) is 5.41 Å². The second-order valence-corrected chi connectivity index (χ2v) is 4.68. The van der Waals surface area contributed by atoms with E-state index in [2.05, 4.69) is 26.0 Å². The molecule has 0 spiro atoms. The third kappa shape index (κ3) is 4.78. The van der Waals surface area contributed by atoms with Gasteiger partial charge in [0.05, 0.1) is 12.4 Å². The van der Waals surface area contributed by atoms with Crippen molar-refractivity contribution in [3.8, 4) is 5.75 Å². The summed E-state index contributed by atoms with van der Waals surface area (Å²) in [4.78, 5) is 0. The van der Waals surface area contributed by atoms with E-state index in [1.807, 2.05) is 12.1 Å². The molecule has 0 heterocycles. The monoisotopic (exact) mass is 248 g/mol. The predicted molar refractivity (Wildman–Crippen MR) is 76.4 cm³/mol. The van der Waals surface area contributed by atoms with E-state index in [9.17, 15) is 0 Å². The Morgan fingerprint density at radius 2 is 2.06 bits per heavy atom. The number of para-hydroxylation sites is 1. The molecule has 3 N–H and O–H groups in total. The minimum Gasteiger partial charge on any atom is -0.493 e. The number of amidine groups is 1. The molecule has 0 radical (unpaired) electrons. The van der Waals surface area contributed by atoms with Crippen molar-refractivity contribution < 1.29 is 4.74 Å². The highest BCUT2D eigenvalue weighted by Gasteiger charge is 2.08. The number of nitrogens with two attached hydrogens (primary N) is 1. The number of hydrogen-bond donors (Lipinski definition) is 2. The van der Waals surface area contributed by atoms with Gasteiger partial charge in [0, 0.05) is 6.42 Å². The highest BCUT2D eigenvalue weighted by Crippen LogP contribution is 2.28. The molecule has 0 saturated heterocycles. The zero-order chi connectivity index (χ0) is 13.4. The number of rotatable bonds is 8. The van der Waals surface area contributed by atoms with Gasteiger partial charge in [0.2, 0.25) is 0 Å². The SMILES string of the molecule is CCC(C)c1ccccc1OCCCCC(=N)N. The molecule has 0 aliphatic carbocycles. The molecule has 0 saturated carbocycles. The molecule has 100 valence electrons. The minimum absolute atomic E-state index is 0.259. The van der Waals surface area contributed by atoms with Crippen molar-refractivity contribution in [3.63, 3.8) is 0 Å². The van der Waals surface area contributed by atoms with Gasteiger partial charge in [-0.25, -0.2) is 0 Å². The number of nitrogens with one attached hydrogen (secondary N) is 1. The maximum absolute atomic E-state index is 7.15. The van der Waals surface area contributed by atoms with Crippen LogP contribution in [0.3, 0.4) is 0 Å². The molecule has 3 nitrogen and oxygen atoms in total. The molecule has 0 fully saturated rings. The molecule has 1 unspecified atom stereocenters. The van der Waals surface area contributed by atoms with E-state index < -0.39 is 0 Å². The van der Waals surface area contributed by atoms with Gasteiger partial charge in [-0.2, -0.15) is 0 Å². The molecule has 0 amide bonds. The van der Waals surface area contributed by atoms with Crippen LogP contribution in [0, 0.1) is 5.41 Å². The summed E-state index contributed by atoms with van der Waals surface area (Å²) in [6.07, 6.45) is 3.64. The summed E-state index contributed by atoms with van der Waals surface area (Å²) in [5.41, 5.74) is 6.59. The van der Waals surface area contributed by atoms with E-state index in [1.165, 1.54) is 5.56 Å². The lowest BCUT2D eigenvalue weighted by molar-refractivity contribution is 0.303. The smallest absolute Gasteiger partial charge is 0.122 e. The van der Waals surface area contributed by atoms with Gasteiger partial charge in [-0.1, -0.05) is 32.0 Å². The van der Waals surface area contributed by atoms with Crippen LogP contribution in [0.25, 0.3) is 0 Å². The van der Waals surface area contributed by atoms with Crippen molar-refractivity contribution in [2.24, 2.45) is 5.73 Å². The average molecular weight is 248 g/mol. The average Bonchev–Trinajstić information content (AvgIpc) is 2.37. The van der Waals surface area contributed by atoms with Crippen LogP contribution >= 0.6 is 0 Å². The third-order valence-corrected chi connectivity index (χ3v) is 3.16. The molecule has 0 aliphatic rings. The standard InChI is InChI=1S/C15H24N2O/c1-3-12(2)13-8-4-5-9-14(13)18-11-7-6-10-15(16)17/h4-5,8-9,12H,3,6-7,10-11H2,1-2H3,(H3,16,17). The second-order valence-electron chi connectivity index (χ2n) is 4.68. The van der Waals surface area contributed by atoms with E-state index in [4.69, 9.17) is 15.9 Å². The maximum atomic E-state index is 7.15. The molecule has 1 rings (SSSR count). The molecule has 0 bridgehead atoms. The van der Waals surface area contributed by atoms with Gasteiger partial charge in [-0.15, -0.1) is 0 Å². The third-order valence-electron chi connectivity index (χ3n) is 3.16. The fourth-order valence-corrected chi connectivity index (χ4v) is 1.84. The number of ether oxygens (including phenoxy) is 1. The summed E-state index contributed by atoms with van der Waals surface area (Å²) in [6.45, 7) is 5.10. The van der Waals surface area contributed by atoms with Crippen molar-refractivity contribution in [1.29, 1.82) is 5.41 Å². The van der Waals surface area contributed by atoms with E-state index in [1.54, 1.807) is 0 Å². The molecule has 1 aromatic carbocycles. The summed E-state index contributed by atoms with van der Waals surface area (Å²) in [5, 5.41) is 7.15. The van der Waals surface area contributed by atoms with E-state index in [0.717, 1.165) is 25.0 Å². The molecular weight excluding hydrogens is 224 g/mol. The Kier molecular flexibility index (Phi) is 6.26. The van der Waals surface area contributed by atoms with E-state index in [0.29, 0.717) is 18.9 Å². The van der Waals surface area contributed by atoms with Crippen molar-refractivity contribution in [2.45, 2.75) is 45.4 Å². The van der Waals surface area contributed by atoms with Crippen molar-refractivity contribution >= 4 is 5.84 Å². The van der Waals surface area contributed by atoms with E-state index >= 15 is 0 Å². The van der Waals surface area contributed by atoms with Crippen LogP contribution in [0.4, 0.5) is 0 Å². The summed E-state index contributed by atoms with van der Waals surface area (Å²) >= 11 is 0. The first-order valence-corrected chi connectivity index (χ1v) is 6.69. The summed E-state index contributed by atoms with van der Waals surface area (Å²) in [7, 11) is 0. The van der Waals surface area contributed by atoms with Crippen molar-refractivity contribution in [2.75, 3.05) is 6.61 Å². The normalized spacial score (nSPS) is 12.1. The fraction of sp³-hybridized carbons (Fsp3) is 0.533. The van der Waals surface area contributed by atoms with Gasteiger partial charge >= 0.3 is 0 Å². The molecule has 0 aromatic heterocycles.